The Hall–Kier alpha value is -2.97. The van der Waals surface area contributed by atoms with Gasteiger partial charge in [0.2, 0.25) is 0 Å². The first-order valence-corrected chi connectivity index (χ1v) is 11.6. The number of halogens is 1. The maximum Gasteiger partial charge on any atom is 0.336 e. The summed E-state index contributed by atoms with van der Waals surface area (Å²) in [6, 6.07) is 12.6. The van der Waals surface area contributed by atoms with E-state index >= 15 is 0 Å². The van der Waals surface area contributed by atoms with E-state index in [9.17, 15) is 14.3 Å². The predicted octanol–water partition coefficient (Wildman–Crippen LogP) is 5.96. The van der Waals surface area contributed by atoms with E-state index in [4.69, 9.17) is 0 Å². The van der Waals surface area contributed by atoms with Crippen LogP contribution in [0.1, 0.15) is 22.8 Å². The number of thiophene rings is 1. The van der Waals surface area contributed by atoms with Gasteiger partial charge in [0.15, 0.2) is 0 Å². The summed E-state index contributed by atoms with van der Waals surface area (Å²) in [5.41, 5.74) is 2.75. The van der Waals surface area contributed by atoms with Crippen molar-refractivity contribution in [3.8, 4) is 11.3 Å². The number of aromatic nitrogens is 2. The number of fused-ring (bicyclic) bond motifs is 1. The normalized spacial score (nSPS) is 11.0. The van der Waals surface area contributed by atoms with Crippen molar-refractivity contribution in [1.29, 1.82) is 0 Å². The van der Waals surface area contributed by atoms with Crippen LogP contribution in [0.2, 0.25) is 0 Å². The lowest BCUT2D eigenvalue weighted by molar-refractivity contribution is 0.0693. The number of rotatable bonds is 8. The number of aromatic carboxylic acids is 1. The first-order valence-electron chi connectivity index (χ1n) is 9.77. The van der Waals surface area contributed by atoms with Gasteiger partial charge in [-0.15, -0.1) is 23.1 Å². The highest BCUT2D eigenvalue weighted by Gasteiger charge is 2.12. The fraction of sp³-hybridized carbons (Fsp3) is 0.174. The van der Waals surface area contributed by atoms with Crippen molar-refractivity contribution < 1.29 is 14.3 Å². The molecule has 2 N–H and O–H groups in total. The summed E-state index contributed by atoms with van der Waals surface area (Å²) in [6.45, 7) is 2.58. The molecule has 2 heterocycles. The molecule has 0 aliphatic carbocycles. The molecular formula is C23H20FN3O2S2. The van der Waals surface area contributed by atoms with Crippen LogP contribution in [-0.4, -0.2) is 33.3 Å². The molecular weight excluding hydrogens is 433 g/mol. The lowest BCUT2D eigenvalue weighted by atomic mass is 10.1. The Morgan fingerprint density at radius 1 is 1.19 bits per heavy atom. The van der Waals surface area contributed by atoms with Gasteiger partial charge in [0.25, 0.3) is 0 Å². The van der Waals surface area contributed by atoms with E-state index in [1.165, 1.54) is 29.4 Å². The average molecular weight is 454 g/mol. The fourth-order valence-electron chi connectivity index (χ4n) is 3.32. The third kappa shape index (κ3) is 4.86. The Balaban J connectivity index is 1.48. The molecule has 0 fully saturated rings. The summed E-state index contributed by atoms with van der Waals surface area (Å²) < 4.78 is 14.9. The number of carbonyl (C=O) groups is 1. The minimum Gasteiger partial charge on any atom is -0.478 e. The van der Waals surface area contributed by atoms with Gasteiger partial charge in [0, 0.05) is 23.1 Å². The standard InChI is InChI=1S/C23H20FN3O2S2/c1-2-30-20-11-15(3-4-17(20)23(28)29)19-12-21(27-13-26-19)25-7-5-14-9-16-6-8-31-22(16)18(24)10-14/h3-4,6,8-13H,2,5,7H2,1H3,(H,28,29)(H,25,26,27). The van der Waals surface area contributed by atoms with E-state index in [1.807, 2.05) is 36.6 Å². The van der Waals surface area contributed by atoms with Crippen LogP contribution in [0.4, 0.5) is 10.2 Å². The van der Waals surface area contributed by atoms with Gasteiger partial charge in [-0.25, -0.2) is 19.2 Å². The number of nitrogens with one attached hydrogen (secondary N) is 1. The molecule has 0 amide bonds. The summed E-state index contributed by atoms with van der Waals surface area (Å²) in [5, 5.41) is 15.5. The number of hydrogen-bond acceptors (Lipinski definition) is 6. The number of hydrogen-bond donors (Lipinski definition) is 2. The van der Waals surface area contributed by atoms with Crippen LogP contribution in [0.5, 0.6) is 0 Å². The SMILES string of the molecule is CCSc1cc(-c2cc(NCCc3cc(F)c4sccc4c3)ncn2)ccc1C(=O)O. The monoisotopic (exact) mass is 453 g/mol. The maximum atomic E-state index is 14.2. The van der Waals surface area contributed by atoms with E-state index in [2.05, 4.69) is 15.3 Å². The van der Waals surface area contributed by atoms with Crippen LogP contribution in [0.25, 0.3) is 21.3 Å². The van der Waals surface area contributed by atoms with Crippen LogP contribution in [0.15, 0.2) is 59.1 Å². The van der Waals surface area contributed by atoms with Gasteiger partial charge in [-0.3, -0.25) is 0 Å². The number of nitrogens with zero attached hydrogens (tertiary/aromatic N) is 2. The zero-order chi connectivity index (χ0) is 21.8. The molecule has 0 saturated heterocycles. The molecule has 0 saturated carbocycles. The van der Waals surface area contributed by atoms with Gasteiger partial charge in [0.05, 0.1) is 16.0 Å². The van der Waals surface area contributed by atoms with E-state index < -0.39 is 5.97 Å². The second-order valence-electron chi connectivity index (χ2n) is 6.83. The summed E-state index contributed by atoms with van der Waals surface area (Å²) in [7, 11) is 0. The van der Waals surface area contributed by atoms with Crippen molar-refractivity contribution in [2.24, 2.45) is 0 Å². The summed E-state index contributed by atoms with van der Waals surface area (Å²) in [5.74, 6) is 0.314. The second kappa shape index (κ2) is 9.45. The largest absolute Gasteiger partial charge is 0.478 e. The number of anilines is 1. The van der Waals surface area contributed by atoms with Crippen molar-refractivity contribution in [2.75, 3.05) is 17.6 Å². The molecule has 0 radical (unpaired) electrons. The zero-order valence-electron chi connectivity index (χ0n) is 16.8. The number of thioether (sulfide) groups is 1. The number of carboxylic acids is 1. The smallest absolute Gasteiger partial charge is 0.336 e. The second-order valence-corrected chi connectivity index (χ2v) is 9.05. The van der Waals surface area contributed by atoms with Crippen molar-refractivity contribution in [1.82, 2.24) is 9.97 Å². The third-order valence-corrected chi connectivity index (χ3v) is 6.64. The van der Waals surface area contributed by atoms with Crippen LogP contribution >= 0.6 is 23.1 Å². The summed E-state index contributed by atoms with van der Waals surface area (Å²) >= 11 is 2.90. The maximum absolute atomic E-state index is 14.2. The number of benzene rings is 2. The van der Waals surface area contributed by atoms with Crippen LogP contribution in [0, 0.1) is 5.82 Å². The van der Waals surface area contributed by atoms with Crippen LogP contribution < -0.4 is 5.32 Å². The zero-order valence-corrected chi connectivity index (χ0v) is 18.4. The third-order valence-electron chi connectivity index (χ3n) is 4.76. The average Bonchev–Trinajstić information content (AvgIpc) is 3.23. The van der Waals surface area contributed by atoms with E-state index in [0.717, 1.165) is 22.3 Å². The first kappa shape index (κ1) is 21.3. The van der Waals surface area contributed by atoms with Crippen molar-refractivity contribution in [3.05, 3.63) is 71.1 Å². The van der Waals surface area contributed by atoms with Gasteiger partial charge in [-0.05, 0) is 52.8 Å². The van der Waals surface area contributed by atoms with Gasteiger partial charge in [-0.2, -0.15) is 0 Å². The molecule has 2 aromatic heterocycles. The predicted molar refractivity (Wildman–Crippen MR) is 125 cm³/mol. The molecule has 4 rings (SSSR count). The van der Waals surface area contributed by atoms with Crippen molar-refractivity contribution in [2.45, 2.75) is 18.2 Å². The molecule has 0 aliphatic rings. The fourth-order valence-corrected chi connectivity index (χ4v) is 4.94. The highest BCUT2D eigenvalue weighted by atomic mass is 32.2. The Morgan fingerprint density at radius 3 is 2.87 bits per heavy atom. The van der Waals surface area contributed by atoms with E-state index in [1.54, 1.807) is 18.2 Å². The molecule has 0 aliphatic heterocycles. The molecule has 158 valence electrons. The molecule has 2 aromatic carbocycles. The highest BCUT2D eigenvalue weighted by Crippen LogP contribution is 2.29. The molecule has 0 bridgehead atoms. The molecule has 4 aromatic rings. The number of carboxylic acid groups (broad SMARTS) is 1. The van der Waals surface area contributed by atoms with Gasteiger partial charge in [-0.1, -0.05) is 19.1 Å². The molecule has 5 nitrogen and oxygen atoms in total. The minimum atomic E-state index is -0.940. The quantitative estimate of drug-likeness (QED) is 0.321. The molecule has 31 heavy (non-hydrogen) atoms. The van der Waals surface area contributed by atoms with E-state index in [-0.39, 0.29) is 11.4 Å². The van der Waals surface area contributed by atoms with Crippen LogP contribution in [0.3, 0.4) is 0 Å². The lowest BCUT2D eigenvalue weighted by Gasteiger charge is -2.10. The molecule has 0 atom stereocenters. The molecule has 0 unspecified atom stereocenters. The van der Waals surface area contributed by atoms with Crippen LogP contribution in [-0.2, 0) is 6.42 Å². The lowest BCUT2D eigenvalue weighted by Crippen LogP contribution is -2.07. The summed E-state index contributed by atoms with van der Waals surface area (Å²) in [6.07, 6.45) is 2.14. The van der Waals surface area contributed by atoms with Gasteiger partial charge < -0.3 is 10.4 Å². The van der Waals surface area contributed by atoms with E-state index in [0.29, 0.717) is 34.1 Å². The first-order chi connectivity index (χ1) is 15.0. The van der Waals surface area contributed by atoms with Crippen molar-refractivity contribution >= 4 is 45.0 Å². The highest BCUT2D eigenvalue weighted by molar-refractivity contribution is 7.99. The minimum absolute atomic E-state index is 0.183. The Labute approximate surface area is 187 Å². The Morgan fingerprint density at radius 2 is 2.06 bits per heavy atom. The van der Waals surface area contributed by atoms with Crippen molar-refractivity contribution in [3.63, 3.8) is 0 Å². The Bertz CT molecular complexity index is 1240. The Kier molecular flexibility index (Phi) is 6.48. The topological polar surface area (TPSA) is 75.1 Å². The molecule has 0 spiro atoms. The summed E-state index contributed by atoms with van der Waals surface area (Å²) in [4.78, 5) is 20.8. The van der Waals surface area contributed by atoms with Gasteiger partial charge in [0.1, 0.15) is 18.0 Å². The van der Waals surface area contributed by atoms with Gasteiger partial charge >= 0.3 is 5.97 Å². The molecule has 8 heteroatoms.